The van der Waals surface area contributed by atoms with E-state index in [9.17, 15) is 4.79 Å². The molecule has 3 heteroatoms. The highest BCUT2D eigenvalue weighted by Crippen LogP contribution is 2.21. The summed E-state index contributed by atoms with van der Waals surface area (Å²) in [7, 11) is 3.43. The van der Waals surface area contributed by atoms with Gasteiger partial charge in [0.25, 0.3) is 0 Å². The van der Waals surface area contributed by atoms with E-state index in [1.165, 1.54) is 23.4 Å². The predicted molar refractivity (Wildman–Crippen MR) is 101 cm³/mol. The fourth-order valence-electron chi connectivity index (χ4n) is 3.20. The standard InChI is InChI=1S/C22H23NO2/c1-23(16-19-13-8-12-18-11-6-7-14-20(18)19)21(22(24)25-2)15-17-9-4-3-5-10-17/h3-14,21H,15-16H2,1-2H3/t21-/m0/s1. The number of rotatable bonds is 6. The van der Waals surface area contributed by atoms with Gasteiger partial charge in [0.1, 0.15) is 6.04 Å². The Morgan fingerprint density at radius 3 is 2.40 bits per heavy atom. The smallest absolute Gasteiger partial charge is 0.323 e. The summed E-state index contributed by atoms with van der Waals surface area (Å²) >= 11 is 0. The molecule has 3 rings (SSSR count). The Hall–Kier alpha value is -2.65. The molecule has 0 aromatic heterocycles. The summed E-state index contributed by atoms with van der Waals surface area (Å²) in [6.07, 6.45) is 0.634. The van der Waals surface area contributed by atoms with Gasteiger partial charge in [-0.05, 0) is 35.4 Å². The van der Waals surface area contributed by atoms with Gasteiger partial charge >= 0.3 is 5.97 Å². The van der Waals surface area contributed by atoms with Crippen LogP contribution in [0.25, 0.3) is 10.8 Å². The highest BCUT2D eigenvalue weighted by Gasteiger charge is 2.24. The molecule has 0 bridgehead atoms. The average molecular weight is 333 g/mol. The van der Waals surface area contributed by atoms with Gasteiger partial charge in [-0.25, -0.2) is 0 Å². The van der Waals surface area contributed by atoms with Crippen molar-refractivity contribution in [2.75, 3.05) is 14.2 Å². The molecule has 128 valence electrons. The zero-order valence-corrected chi connectivity index (χ0v) is 14.7. The lowest BCUT2D eigenvalue weighted by molar-refractivity contribution is -0.146. The molecule has 0 aliphatic heterocycles. The van der Waals surface area contributed by atoms with Crippen molar-refractivity contribution in [3.63, 3.8) is 0 Å². The molecule has 0 aliphatic rings. The number of ether oxygens (including phenoxy) is 1. The Bertz CT molecular complexity index is 840. The highest BCUT2D eigenvalue weighted by atomic mass is 16.5. The van der Waals surface area contributed by atoms with E-state index in [1.807, 2.05) is 49.5 Å². The number of fused-ring (bicyclic) bond motifs is 1. The van der Waals surface area contributed by atoms with Crippen molar-refractivity contribution in [1.29, 1.82) is 0 Å². The first kappa shape index (κ1) is 17.2. The van der Waals surface area contributed by atoms with Gasteiger partial charge in [-0.1, -0.05) is 72.8 Å². The van der Waals surface area contributed by atoms with Gasteiger partial charge in [0.15, 0.2) is 0 Å². The first-order chi connectivity index (χ1) is 12.2. The molecule has 0 fully saturated rings. The van der Waals surface area contributed by atoms with E-state index >= 15 is 0 Å². The van der Waals surface area contributed by atoms with Crippen molar-refractivity contribution in [3.8, 4) is 0 Å². The predicted octanol–water partition coefficient (Wildman–Crippen LogP) is 4.06. The molecule has 3 aromatic carbocycles. The molecule has 0 radical (unpaired) electrons. The minimum atomic E-state index is -0.314. The van der Waals surface area contributed by atoms with E-state index in [-0.39, 0.29) is 12.0 Å². The summed E-state index contributed by atoms with van der Waals surface area (Å²) in [5.74, 6) is -0.202. The Morgan fingerprint density at radius 1 is 0.960 bits per heavy atom. The second-order valence-corrected chi connectivity index (χ2v) is 6.28. The second-order valence-electron chi connectivity index (χ2n) is 6.28. The van der Waals surface area contributed by atoms with Crippen LogP contribution in [0.15, 0.2) is 72.8 Å². The van der Waals surface area contributed by atoms with Crippen LogP contribution in [-0.4, -0.2) is 31.1 Å². The van der Waals surface area contributed by atoms with E-state index in [0.717, 1.165) is 5.56 Å². The summed E-state index contributed by atoms with van der Waals surface area (Å²) < 4.78 is 5.05. The zero-order chi connectivity index (χ0) is 17.6. The second kappa shape index (κ2) is 7.95. The quantitative estimate of drug-likeness (QED) is 0.637. The van der Waals surface area contributed by atoms with Gasteiger partial charge in [-0.2, -0.15) is 0 Å². The van der Waals surface area contributed by atoms with E-state index < -0.39 is 0 Å². The number of hydrogen-bond acceptors (Lipinski definition) is 3. The number of benzene rings is 3. The molecule has 0 spiro atoms. The topological polar surface area (TPSA) is 29.5 Å². The van der Waals surface area contributed by atoms with Gasteiger partial charge in [0.2, 0.25) is 0 Å². The van der Waals surface area contributed by atoms with Crippen LogP contribution in [0.4, 0.5) is 0 Å². The van der Waals surface area contributed by atoms with Crippen LogP contribution in [0.5, 0.6) is 0 Å². The SMILES string of the molecule is COC(=O)[C@H](Cc1ccccc1)N(C)Cc1cccc2ccccc12. The van der Waals surface area contributed by atoms with Gasteiger partial charge in [0.05, 0.1) is 7.11 Å². The van der Waals surface area contributed by atoms with Crippen LogP contribution in [0.1, 0.15) is 11.1 Å². The van der Waals surface area contributed by atoms with Crippen molar-refractivity contribution in [2.24, 2.45) is 0 Å². The van der Waals surface area contributed by atoms with Crippen molar-refractivity contribution in [3.05, 3.63) is 83.9 Å². The van der Waals surface area contributed by atoms with E-state index in [4.69, 9.17) is 4.74 Å². The highest BCUT2D eigenvalue weighted by molar-refractivity contribution is 5.85. The summed E-state index contributed by atoms with van der Waals surface area (Å²) in [5, 5.41) is 2.44. The van der Waals surface area contributed by atoms with Crippen molar-refractivity contribution in [1.82, 2.24) is 4.90 Å². The van der Waals surface area contributed by atoms with Crippen molar-refractivity contribution >= 4 is 16.7 Å². The molecule has 0 unspecified atom stereocenters. The number of methoxy groups -OCH3 is 1. The van der Waals surface area contributed by atoms with E-state index in [0.29, 0.717) is 13.0 Å². The van der Waals surface area contributed by atoms with Crippen LogP contribution in [0.3, 0.4) is 0 Å². The lowest BCUT2D eigenvalue weighted by Gasteiger charge is -2.26. The molecule has 0 amide bonds. The third kappa shape index (κ3) is 4.06. The Morgan fingerprint density at radius 2 is 1.64 bits per heavy atom. The van der Waals surface area contributed by atoms with Crippen LogP contribution >= 0.6 is 0 Å². The largest absolute Gasteiger partial charge is 0.468 e. The number of carbonyl (C=O) groups is 1. The van der Waals surface area contributed by atoms with Gasteiger partial charge in [0, 0.05) is 6.54 Å². The number of carbonyl (C=O) groups excluding carboxylic acids is 1. The Labute approximate surface area is 148 Å². The summed E-state index contributed by atoms with van der Waals surface area (Å²) in [4.78, 5) is 14.4. The maximum atomic E-state index is 12.3. The van der Waals surface area contributed by atoms with Crippen LogP contribution in [0.2, 0.25) is 0 Å². The maximum absolute atomic E-state index is 12.3. The molecule has 0 saturated carbocycles. The fraction of sp³-hybridized carbons (Fsp3) is 0.227. The van der Waals surface area contributed by atoms with Crippen LogP contribution in [0, 0.1) is 0 Å². The summed E-state index contributed by atoms with van der Waals surface area (Å²) in [5.41, 5.74) is 2.34. The molecule has 0 saturated heterocycles. The molecular formula is C22H23NO2. The first-order valence-electron chi connectivity index (χ1n) is 8.47. The molecule has 1 atom stereocenters. The first-order valence-corrected chi connectivity index (χ1v) is 8.47. The summed E-state index contributed by atoms with van der Waals surface area (Å²) in [6, 6.07) is 24.4. The number of likely N-dealkylation sites (N-methyl/N-ethyl adjacent to an activating group) is 1. The summed E-state index contributed by atoms with van der Waals surface area (Å²) in [6.45, 7) is 0.688. The molecule has 0 aliphatic carbocycles. The minimum Gasteiger partial charge on any atom is -0.468 e. The van der Waals surface area contributed by atoms with E-state index in [1.54, 1.807) is 0 Å². The van der Waals surface area contributed by atoms with Crippen LogP contribution in [-0.2, 0) is 22.5 Å². The molecule has 3 nitrogen and oxygen atoms in total. The maximum Gasteiger partial charge on any atom is 0.323 e. The van der Waals surface area contributed by atoms with Gasteiger partial charge in [-0.15, -0.1) is 0 Å². The molecule has 0 N–H and O–H groups in total. The van der Waals surface area contributed by atoms with E-state index in [2.05, 4.69) is 35.2 Å². The molecule has 25 heavy (non-hydrogen) atoms. The third-order valence-electron chi connectivity index (χ3n) is 4.58. The fourth-order valence-corrected chi connectivity index (χ4v) is 3.20. The Balaban J connectivity index is 1.84. The zero-order valence-electron chi connectivity index (χ0n) is 14.7. The molecule has 3 aromatic rings. The average Bonchev–Trinajstić information content (AvgIpc) is 2.66. The monoisotopic (exact) mass is 333 g/mol. The number of esters is 1. The molecule has 0 heterocycles. The van der Waals surface area contributed by atoms with Gasteiger partial charge < -0.3 is 4.74 Å². The van der Waals surface area contributed by atoms with Crippen molar-refractivity contribution < 1.29 is 9.53 Å². The normalized spacial score (nSPS) is 12.3. The molecular weight excluding hydrogens is 310 g/mol. The minimum absolute atomic E-state index is 0.202. The van der Waals surface area contributed by atoms with Gasteiger partial charge in [-0.3, -0.25) is 9.69 Å². The lowest BCUT2D eigenvalue weighted by Crippen LogP contribution is -2.40. The third-order valence-corrected chi connectivity index (χ3v) is 4.58. The number of hydrogen-bond donors (Lipinski definition) is 0. The lowest BCUT2D eigenvalue weighted by atomic mass is 10.0. The van der Waals surface area contributed by atoms with Crippen LogP contribution < -0.4 is 0 Å². The number of nitrogens with zero attached hydrogens (tertiary/aromatic N) is 1. The van der Waals surface area contributed by atoms with Crippen molar-refractivity contribution in [2.45, 2.75) is 19.0 Å². The Kier molecular flexibility index (Phi) is 5.46.